The van der Waals surface area contributed by atoms with E-state index < -0.39 is 0 Å². The van der Waals surface area contributed by atoms with Gasteiger partial charge in [-0.3, -0.25) is 4.79 Å². The second-order valence-corrected chi connectivity index (χ2v) is 11.1. The van der Waals surface area contributed by atoms with E-state index in [2.05, 4.69) is 46.8 Å². The Bertz CT molecular complexity index is 733. The fourth-order valence-electron chi connectivity index (χ4n) is 7.67. The minimum absolute atomic E-state index is 0.256. The molecule has 4 aliphatic carbocycles. The zero-order chi connectivity index (χ0) is 20.1. The Labute approximate surface area is 172 Å². The molecular weight excluding hydrogens is 340 g/mol. The lowest BCUT2D eigenvalue weighted by Crippen LogP contribution is -2.46. The minimum atomic E-state index is 0.256. The molecule has 1 heteroatoms. The molecule has 154 valence electrons. The van der Waals surface area contributed by atoms with Crippen LogP contribution in [0.15, 0.2) is 34.9 Å². The Morgan fingerprint density at radius 1 is 1.18 bits per heavy atom. The summed E-state index contributed by atoms with van der Waals surface area (Å²) in [6.07, 6.45) is 18.0. The van der Waals surface area contributed by atoms with Crippen molar-refractivity contribution in [3.05, 3.63) is 34.9 Å². The van der Waals surface area contributed by atoms with Crippen LogP contribution in [0.3, 0.4) is 0 Å². The molecule has 0 radical (unpaired) electrons. The second kappa shape index (κ2) is 7.29. The third kappa shape index (κ3) is 3.17. The Balaban J connectivity index is 1.56. The topological polar surface area (TPSA) is 17.1 Å². The van der Waals surface area contributed by atoms with E-state index in [1.54, 1.807) is 5.57 Å². The molecule has 28 heavy (non-hydrogen) atoms. The first kappa shape index (κ1) is 20.2. The Hall–Kier alpha value is -1.11. The Morgan fingerprint density at radius 2 is 1.96 bits per heavy atom. The van der Waals surface area contributed by atoms with Gasteiger partial charge in [0.15, 0.2) is 5.78 Å². The van der Waals surface area contributed by atoms with Gasteiger partial charge >= 0.3 is 0 Å². The summed E-state index contributed by atoms with van der Waals surface area (Å²) in [6, 6.07) is 0. The molecule has 0 spiro atoms. The first-order valence-corrected chi connectivity index (χ1v) is 11.8. The van der Waals surface area contributed by atoms with E-state index in [0.29, 0.717) is 17.1 Å². The zero-order valence-electron chi connectivity index (χ0n) is 18.8. The van der Waals surface area contributed by atoms with Crippen molar-refractivity contribution in [1.29, 1.82) is 0 Å². The molecule has 0 aromatic carbocycles. The molecule has 4 aliphatic rings. The molecule has 0 bridgehead atoms. The fourth-order valence-corrected chi connectivity index (χ4v) is 7.67. The first-order valence-electron chi connectivity index (χ1n) is 11.8. The largest absolute Gasteiger partial charge is 0.295 e. The summed E-state index contributed by atoms with van der Waals surface area (Å²) >= 11 is 0. The van der Waals surface area contributed by atoms with Crippen LogP contribution in [0.1, 0.15) is 92.4 Å². The normalized spacial score (nSPS) is 40.6. The van der Waals surface area contributed by atoms with Crippen LogP contribution >= 0.6 is 0 Å². The van der Waals surface area contributed by atoms with Crippen LogP contribution in [0.4, 0.5) is 0 Å². The molecule has 6 atom stereocenters. The highest BCUT2D eigenvalue weighted by molar-refractivity contribution is 5.91. The van der Waals surface area contributed by atoms with E-state index >= 15 is 0 Å². The van der Waals surface area contributed by atoms with Gasteiger partial charge in [-0.05, 0) is 106 Å². The van der Waals surface area contributed by atoms with Gasteiger partial charge in [0, 0.05) is 6.42 Å². The summed E-state index contributed by atoms with van der Waals surface area (Å²) in [5.74, 6) is 3.54. The van der Waals surface area contributed by atoms with Gasteiger partial charge in [0.2, 0.25) is 0 Å². The SMILES string of the molecule is CC(C)=CCC[C@@H](C)[C@H]1CC[C@H]2C3=CCC4=CC(=O)CCC4(C)C3CCC12C. The monoisotopic (exact) mass is 380 g/mol. The number of carbonyl (C=O) groups is 1. The van der Waals surface area contributed by atoms with E-state index in [1.807, 2.05) is 6.08 Å². The third-order valence-electron chi connectivity index (χ3n) is 9.33. The average Bonchev–Trinajstić information content (AvgIpc) is 2.99. The molecule has 2 saturated carbocycles. The van der Waals surface area contributed by atoms with Gasteiger partial charge in [0.05, 0.1) is 0 Å². The number of rotatable bonds is 4. The molecule has 3 unspecified atom stereocenters. The van der Waals surface area contributed by atoms with E-state index in [-0.39, 0.29) is 5.41 Å². The van der Waals surface area contributed by atoms with Crippen molar-refractivity contribution in [2.45, 2.75) is 92.4 Å². The number of hydrogen-bond donors (Lipinski definition) is 0. The third-order valence-corrected chi connectivity index (χ3v) is 9.33. The van der Waals surface area contributed by atoms with Gasteiger partial charge in [-0.15, -0.1) is 0 Å². The van der Waals surface area contributed by atoms with Crippen LogP contribution in [-0.4, -0.2) is 5.78 Å². The molecule has 4 rings (SSSR count). The number of hydrogen-bond acceptors (Lipinski definition) is 1. The standard InChI is InChI=1S/C27H40O/c1-18(2)7-6-8-19(3)23-11-12-24-22-10-9-20-17-21(28)13-15-26(20,4)25(22)14-16-27(23,24)5/h7,10,17,19,23-25H,6,8-9,11-16H2,1-5H3/t19-,23-,24+,25?,26?,27?/m1/s1. The molecule has 0 amide bonds. The quantitative estimate of drug-likeness (QED) is 0.463. The van der Waals surface area contributed by atoms with E-state index in [1.165, 1.54) is 49.7 Å². The predicted molar refractivity (Wildman–Crippen MR) is 118 cm³/mol. The summed E-state index contributed by atoms with van der Waals surface area (Å²) < 4.78 is 0. The van der Waals surface area contributed by atoms with Crippen LogP contribution in [0.2, 0.25) is 0 Å². The van der Waals surface area contributed by atoms with Crippen molar-refractivity contribution in [3.63, 3.8) is 0 Å². The van der Waals surface area contributed by atoms with Crippen molar-refractivity contribution < 1.29 is 4.79 Å². The van der Waals surface area contributed by atoms with E-state index in [0.717, 1.165) is 37.0 Å². The lowest BCUT2D eigenvalue weighted by Gasteiger charge is -2.55. The van der Waals surface area contributed by atoms with Gasteiger partial charge in [0.1, 0.15) is 0 Å². The molecule has 0 heterocycles. The number of fused-ring (bicyclic) bond motifs is 5. The van der Waals surface area contributed by atoms with Crippen molar-refractivity contribution in [3.8, 4) is 0 Å². The lowest BCUT2D eigenvalue weighted by molar-refractivity contribution is -0.116. The predicted octanol–water partition coefficient (Wildman–Crippen LogP) is 7.44. The van der Waals surface area contributed by atoms with Gasteiger partial charge in [-0.2, -0.15) is 0 Å². The van der Waals surface area contributed by atoms with Crippen LogP contribution in [0.5, 0.6) is 0 Å². The smallest absolute Gasteiger partial charge is 0.155 e. The highest BCUT2D eigenvalue weighted by atomic mass is 16.1. The Kier molecular flexibility index (Phi) is 5.26. The van der Waals surface area contributed by atoms with Crippen molar-refractivity contribution in [2.24, 2.45) is 34.5 Å². The fraction of sp³-hybridized carbons (Fsp3) is 0.741. The molecule has 0 saturated heterocycles. The maximum Gasteiger partial charge on any atom is 0.155 e. The summed E-state index contributed by atoms with van der Waals surface area (Å²) in [7, 11) is 0. The average molecular weight is 381 g/mol. The highest BCUT2D eigenvalue weighted by Crippen LogP contribution is 2.66. The van der Waals surface area contributed by atoms with Gasteiger partial charge < -0.3 is 0 Å². The lowest BCUT2D eigenvalue weighted by atomic mass is 9.50. The van der Waals surface area contributed by atoms with Gasteiger partial charge in [0.25, 0.3) is 0 Å². The van der Waals surface area contributed by atoms with Crippen molar-refractivity contribution in [1.82, 2.24) is 0 Å². The molecular formula is C27H40O. The number of carbonyl (C=O) groups excluding carboxylic acids is 1. The summed E-state index contributed by atoms with van der Waals surface area (Å²) in [6.45, 7) is 12.1. The highest BCUT2D eigenvalue weighted by Gasteiger charge is 2.56. The van der Waals surface area contributed by atoms with Crippen LogP contribution in [-0.2, 0) is 4.79 Å². The maximum absolute atomic E-state index is 12.0. The second-order valence-electron chi connectivity index (χ2n) is 11.1. The molecule has 0 N–H and O–H groups in total. The molecule has 0 aromatic rings. The maximum atomic E-state index is 12.0. The zero-order valence-corrected chi connectivity index (χ0v) is 18.8. The minimum Gasteiger partial charge on any atom is -0.295 e. The van der Waals surface area contributed by atoms with Gasteiger partial charge in [-0.25, -0.2) is 0 Å². The van der Waals surface area contributed by atoms with Crippen molar-refractivity contribution in [2.75, 3.05) is 0 Å². The number of allylic oxidation sites excluding steroid dienone is 6. The molecule has 2 fully saturated rings. The summed E-state index contributed by atoms with van der Waals surface area (Å²) in [4.78, 5) is 12.0. The van der Waals surface area contributed by atoms with E-state index in [4.69, 9.17) is 0 Å². The number of ketones is 1. The molecule has 0 aromatic heterocycles. The molecule has 1 nitrogen and oxygen atoms in total. The van der Waals surface area contributed by atoms with Crippen LogP contribution < -0.4 is 0 Å². The summed E-state index contributed by atoms with van der Waals surface area (Å²) in [5, 5.41) is 0. The summed E-state index contributed by atoms with van der Waals surface area (Å²) in [5.41, 5.74) is 5.44. The Morgan fingerprint density at radius 3 is 2.71 bits per heavy atom. The molecule has 0 aliphatic heterocycles. The van der Waals surface area contributed by atoms with Crippen LogP contribution in [0, 0.1) is 34.5 Å². The van der Waals surface area contributed by atoms with Crippen molar-refractivity contribution >= 4 is 5.78 Å². The van der Waals surface area contributed by atoms with E-state index in [9.17, 15) is 4.79 Å². The van der Waals surface area contributed by atoms with Crippen LogP contribution in [0.25, 0.3) is 0 Å². The van der Waals surface area contributed by atoms with Gasteiger partial charge in [-0.1, -0.05) is 49.6 Å². The first-order chi connectivity index (χ1) is 13.3.